The number of anilines is 2. The van der Waals surface area contributed by atoms with Gasteiger partial charge in [0, 0.05) is 68.7 Å². The predicted octanol–water partition coefficient (Wildman–Crippen LogP) is 4.90. The monoisotopic (exact) mass is 521 g/mol. The van der Waals surface area contributed by atoms with Crippen molar-refractivity contribution in [3.8, 4) is 0 Å². The lowest BCUT2D eigenvalue weighted by Gasteiger charge is -2.33. The van der Waals surface area contributed by atoms with E-state index in [9.17, 15) is 4.21 Å². The Morgan fingerprint density at radius 2 is 1.84 bits per heavy atom. The Morgan fingerprint density at radius 3 is 2.57 bits per heavy atom. The predicted molar refractivity (Wildman–Crippen MR) is 150 cm³/mol. The second kappa shape index (κ2) is 9.70. The number of hydrogen-bond acceptors (Lipinski definition) is 6. The zero-order chi connectivity index (χ0) is 25.7. The Kier molecular flexibility index (Phi) is 6.51. The van der Waals surface area contributed by atoms with E-state index in [1.807, 2.05) is 0 Å². The molecule has 198 valence electrons. The van der Waals surface area contributed by atoms with Gasteiger partial charge in [-0.15, -0.1) is 0 Å². The Balaban J connectivity index is 1.23. The molecule has 3 aromatic rings. The minimum absolute atomic E-state index is 0.135. The summed E-state index contributed by atoms with van der Waals surface area (Å²) in [7, 11) is 1.14. The first kappa shape index (κ1) is 24.9. The average molecular weight is 522 g/mol. The van der Waals surface area contributed by atoms with Gasteiger partial charge in [-0.25, -0.2) is 4.98 Å². The van der Waals surface area contributed by atoms with Crippen molar-refractivity contribution in [3.05, 3.63) is 41.2 Å². The fourth-order valence-corrected chi connectivity index (χ4v) is 7.38. The SMILES string of the molecule is Cn1cc(C2CCN(c3nc4c(c(NC5CCOCC5)n3)S(=O)CC4)CC2)c2cc(C(C)(C)C)ccc21. The van der Waals surface area contributed by atoms with Crippen LogP contribution in [0.15, 0.2) is 29.3 Å². The highest BCUT2D eigenvalue weighted by Gasteiger charge is 2.31. The molecule has 0 radical (unpaired) electrons. The van der Waals surface area contributed by atoms with Gasteiger partial charge in [-0.3, -0.25) is 4.21 Å². The van der Waals surface area contributed by atoms with Crippen molar-refractivity contribution < 1.29 is 8.95 Å². The van der Waals surface area contributed by atoms with E-state index in [1.54, 1.807) is 0 Å². The van der Waals surface area contributed by atoms with Crippen molar-refractivity contribution in [1.29, 1.82) is 0 Å². The van der Waals surface area contributed by atoms with Crippen LogP contribution in [0.2, 0.25) is 0 Å². The van der Waals surface area contributed by atoms with Crippen molar-refractivity contribution in [3.63, 3.8) is 0 Å². The number of nitrogens with one attached hydrogen (secondary N) is 1. The third-order valence-corrected chi connectivity index (χ3v) is 9.80. The number of fused-ring (bicyclic) bond motifs is 2. The molecule has 6 rings (SSSR count). The number of aryl methyl sites for hydroxylation is 2. The highest BCUT2D eigenvalue weighted by atomic mass is 32.2. The molecule has 0 bridgehead atoms. The van der Waals surface area contributed by atoms with Crippen LogP contribution in [0.5, 0.6) is 0 Å². The summed E-state index contributed by atoms with van der Waals surface area (Å²) in [5.41, 5.74) is 5.26. The normalized spacial score (nSPS) is 21.5. The Hall–Kier alpha value is -2.45. The zero-order valence-electron chi connectivity index (χ0n) is 22.5. The first-order valence-electron chi connectivity index (χ1n) is 13.8. The van der Waals surface area contributed by atoms with Crippen molar-refractivity contribution in [2.45, 2.75) is 75.1 Å². The molecule has 0 amide bonds. The third-order valence-electron chi connectivity index (χ3n) is 8.34. The van der Waals surface area contributed by atoms with Crippen LogP contribution in [0, 0.1) is 0 Å². The van der Waals surface area contributed by atoms with E-state index in [4.69, 9.17) is 14.7 Å². The van der Waals surface area contributed by atoms with Crippen LogP contribution >= 0.6 is 0 Å². The second-order valence-corrected chi connectivity index (χ2v) is 13.4. The van der Waals surface area contributed by atoms with Crippen molar-refractivity contribution in [2.24, 2.45) is 7.05 Å². The van der Waals surface area contributed by atoms with Crippen molar-refractivity contribution in [1.82, 2.24) is 14.5 Å². The van der Waals surface area contributed by atoms with Crippen LogP contribution in [0.25, 0.3) is 10.9 Å². The summed E-state index contributed by atoms with van der Waals surface area (Å²) in [6.07, 6.45) is 7.17. The molecule has 37 heavy (non-hydrogen) atoms. The molecular weight excluding hydrogens is 482 g/mol. The fraction of sp³-hybridized carbons (Fsp3) is 0.586. The van der Waals surface area contributed by atoms with E-state index in [2.05, 4.69) is 67.0 Å². The summed E-state index contributed by atoms with van der Waals surface area (Å²) >= 11 is 0. The quantitative estimate of drug-likeness (QED) is 0.526. The van der Waals surface area contributed by atoms with Crippen LogP contribution in [0.1, 0.15) is 69.2 Å². The van der Waals surface area contributed by atoms with E-state index < -0.39 is 10.8 Å². The lowest BCUT2D eigenvalue weighted by atomic mass is 9.84. The fourth-order valence-electron chi connectivity index (χ4n) is 6.06. The molecule has 0 saturated carbocycles. The number of benzene rings is 1. The topological polar surface area (TPSA) is 72.3 Å². The minimum atomic E-state index is -1.02. The van der Waals surface area contributed by atoms with E-state index in [0.29, 0.717) is 17.7 Å². The number of hydrogen-bond donors (Lipinski definition) is 1. The lowest BCUT2D eigenvalue weighted by molar-refractivity contribution is 0.0903. The van der Waals surface area contributed by atoms with Crippen molar-refractivity contribution >= 4 is 33.5 Å². The van der Waals surface area contributed by atoms with Gasteiger partial charge in [0.2, 0.25) is 5.95 Å². The molecule has 1 N–H and O–H groups in total. The van der Waals surface area contributed by atoms with Gasteiger partial charge in [0.25, 0.3) is 0 Å². The molecule has 1 atom stereocenters. The summed E-state index contributed by atoms with van der Waals surface area (Å²) in [5, 5.41) is 5.01. The van der Waals surface area contributed by atoms with Gasteiger partial charge >= 0.3 is 0 Å². The summed E-state index contributed by atoms with van der Waals surface area (Å²) in [6.45, 7) is 10.2. The Bertz CT molecular complexity index is 1330. The molecule has 1 unspecified atom stereocenters. The molecule has 2 aromatic heterocycles. The molecule has 3 aliphatic rings. The summed E-state index contributed by atoms with van der Waals surface area (Å²) in [5.74, 6) is 2.75. The first-order chi connectivity index (χ1) is 17.8. The summed E-state index contributed by atoms with van der Waals surface area (Å²) in [6, 6.07) is 7.28. The number of ether oxygens (including phenoxy) is 1. The largest absolute Gasteiger partial charge is 0.381 e. The number of aromatic nitrogens is 3. The van der Waals surface area contributed by atoms with E-state index in [-0.39, 0.29) is 5.41 Å². The highest BCUT2D eigenvalue weighted by molar-refractivity contribution is 7.85. The van der Waals surface area contributed by atoms with Gasteiger partial charge in [0.15, 0.2) is 0 Å². The van der Waals surface area contributed by atoms with Crippen molar-refractivity contribution in [2.75, 3.05) is 42.3 Å². The number of piperidine rings is 1. The molecule has 0 spiro atoms. The van der Waals surface area contributed by atoms with Crippen LogP contribution in [-0.2, 0) is 34.4 Å². The van der Waals surface area contributed by atoms with Gasteiger partial charge in [0.1, 0.15) is 10.7 Å². The van der Waals surface area contributed by atoms with Crippen LogP contribution in [0.4, 0.5) is 11.8 Å². The summed E-state index contributed by atoms with van der Waals surface area (Å²) < 4.78 is 20.6. The molecular formula is C29H39N5O2S. The van der Waals surface area contributed by atoms with E-state index in [0.717, 1.165) is 80.8 Å². The lowest BCUT2D eigenvalue weighted by Crippen LogP contribution is -2.35. The maximum absolute atomic E-state index is 12.8. The van der Waals surface area contributed by atoms with Gasteiger partial charge in [-0.2, -0.15) is 4.98 Å². The molecule has 7 nitrogen and oxygen atoms in total. The molecule has 5 heterocycles. The van der Waals surface area contributed by atoms with Gasteiger partial charge in [0.05, 0.1) is 16.5 Å². The maximum Gasteiger partial charge on any atom is 0.227 e. The molecule has 1 aromatic carbocycles. The minimum Gasteiger partial charge on any atom is -0.381 e. The first-order valence-corrected chi connectivity index (χ1v) is 15.1. The molecule has 2 fully saturated rings. The maximum atomic E-state index is 12.8. The Labute approximate surface area is 222 Å². The standard InChI is InChI=1S/C29H39N5O2S/c1-29(2,3)20-5-6-25-22(17-20)23(18-33(25)4)19-7-12-34(13-8-19)28-31-24-11-16-37(35)26(24)27(32-28)30-21-9-14-36-15-10-21/h5-6,17-19,21H,7-16H2,1-4H3,(H,30,31,32). The second-order valence-electron chi connectivity index (χ2n) is 11.9. The third kappa shape index (κ3) is 4.78. The highest BCUT2D eigenvalue weighted by Crippen LogP contribution is 2.38. The van der Waals surface area contributed by atoms with Crippen LogP contribution < -0.4 is 10.2 Å². The average Bonchev–Trinajstić information content (AvgIpc) is 3.43. The molecule has 0 aliphatic carbocycles. The van der Waals surface area contributed by atoms with Gasteiger partial charge < -0.3 is 19.5 Å². The van der Waals surface area contributed by atoms with Gasteiger partial charge in [-0.1, -0.05) is 26.8 Å². The molecule has 2 saturated heterocycles. The number of rotatable bonds is 4. The number of nitrogens with zero attached hydrogens (tertiary/aromatic N) is 4. The smallest absolute Gasteiger partial charge is 0.227 e. The van der Waals surface area contributed by atoms with Gasteiger partial charge in [-0.05, 0) is 60.3 Å². The zero-order valence-corrected chi connectivity index (χ0v) is 23.4. The summed E-state index contributed by atoms with van der Waals surface area (Å²) in [4.78, 5) is 13.1. The van der Waals surface area contributed by atoms with E-state index in [1.165, 1.54) is 22.0 Å². The van der Waals surface area contributed by atoms with E-state index >= 15 is 0 Å². The Morgan fingerprint density at radius 1 is 1.08 bits per heavy atom. The molecule has 8 heteroatoms. The van der Waals surface area contributed by atoms with Crippen LogP contribution in [0.3, 0.4) is 0 Å². The van der Waals surface area contributed by atoms with Crippen LogP contribution in [-0.4, -0.2) is 56.8 Å². The molecule has 3 aliphatic heterocycles.